The molecule has 1 rings (SSSR count). The maximum atomic E-state index is 5.56. The topological polar surface area (TPSA) is 9.23 Å². The normalized spacial score (nSPS) is 23.8. The van der Waals surface area contributed by atoms with Crippen LogP contribution < -0.4 is 0 Å². The molecule has 0 spiro atoms. The van der Waals surface area contributed by atoms with Crippen LogP contribution in [-0.4, -0.2) is 30.0 Å². The first-order valence-corrected chi connectivity index (χ1v) is 6.73. The van der Waals surface area contributed by atoms with Gasteiger partial charge in [-0.3, -0.25) is 0 Å². The molecule has 0 aromatic carbocycles. The van der Waals surface area contributed by atoms with E-state index in [1.165, 1.54) is 18.6 Å². The Bertz CT molecular complexity index is 142. The molecule has 1 nitrogen and oxygen atoms in total. The average Bonchev–Trinajstić information content (AvgIpc) is 2.57. The Morgan fingerprint density at radius 3 is 2.85 bits per heavy atom. The lowest BCUT2D eigenvalue weighted by atomic mass is 10.0. The molecule has 0 amide bonds. The van der Waals surface area contributed by atoms with E-state index in [4.69, 9.17) is 4.74 Å². The van der Waals surface area contributed by atoms with Crippen molar-refractivity contribution in [3.8, 4) is 0 Å². The Balaban J connectivity index is 2.06. The summed E-state index contributed by atoms with van der Waals surface area (Å²) < 4.78 is 5.56. The van der Waals surface area contributed by atoms with E-state index in [1.54, 1.807) is 0 Å². The Labute approximate surface area is 91.4 Å². The number of thioether (sulfide) groups is 1. The van der Waals surface area contributed by atoms with Crippen LogP contribution in [0.1, 0.15) is 26.7 Å². The zero-order valence-corrected chi connectivity index (χ0v) is 10.3. The molecule has 0 aromatic heterocycles. The molecule has 0 aromatic rings. The molecule has 0 saturated carbocycles. The Kier molecular flexibility index (Phi) is 4.98. The lowest BCUT2D eigenvalue weighted by Crippen LogP contribution is -2.18. The quantitative estimate of drug-likeness (QED) is 0.714. The SMILES string of the molecule is CC(C)(CS)CSCC1CCCO1. The smallest absolute Gasteiger partial charge is 0.0666 e. The van der Waals surface area contributed by atoms with E-state index in [-0.39, 0.29) is 0 Å². The molecule has 0 aliphatic carbocycles. The van der Waals surface area contributed by atoms with E-state index in [2.05, 4.69) is 26.5 Å². The minimum absolute atomic E-state index is 0.367. The van der Waals surface area contributed by atoms with E-state index in [0.717, 1.165) is 18.1 Å². The largest absolute Gasteiger partial charge is 0.377 e. The minimum atomic E-state index is 0.367. The maximum absolute atomic E-state index is 5.56. The van der Waals surface area contributed by atoms with Gasteiger partial charge in [0.05, 0.1) is 6.10 Å². The Morgan fingerprint density at radius 1 is 1.54 bits per heavy atom. The van der Waals surface area contributed by atoms with Crippen LogP contribution in [0.2, 0.25) is 0 Å². The van der Waals surface area contributed by atoms with Crippen molar-refractivity contribution in [2.24, 2.45) is 5.41 Å². The monoisotopic (exact) mass is 220 g/mol. The maximum Gasteiger partial charge on any atom is 0.0666 e. The fourth-order valence-corrected chi connectivity index (χ4v) is 2.85. The summed E-state index contributed by atoms with van der Waals surface area (Å²) >= 11 is 6.35. The van der Waals surface area contributed by atoms with Gasteiger partial charge in [-0.05, 0) is 29.8 Å². The summed E-state index contributed by atoms with van der Waals surface area (Å²) in [6, 6.07) is 0. The highest BCUT2D eigenvalue weighted by molar-refractivity contribution is 7.99. The van der Waals surface area contributed by atoms with Gasteiger partial charge in [-0.15, -0.1) is 0 Å². The molecule has 0 bridgehead atoms. The van der Waals surface area contributed by atoms with Crippen LogP contribution in [0.15, 0.2) is 0 Å². The molecule has 1 fully saturated rings. The summed E-state index contributed by atoms with van der Waals surface area (Å²) in [7, 11) is 0. The second-order valence-corrected chi connectivity index (χ2v) is 5.82. The van der Waals surface area contributed by atoms with Gasteiger partial charge in [0.25, 0.3) is 0 Å². The molecule has 1 saturated heterocycles. The van der Waals surface area contributed by atoms with Gasteiger partial charge in [0.2, 0.25) is 0 Å². The minimum Gasteiger partial charge on any atom is -0.377 e. The van der Waals surface area contributed by atoms with Crippen molar-refractivity contribution in [3.63, 3.8) is 0 Å². The summed E-state index contributed by atoms with van der Waals surface area (Å²) in [5.41, 5.74) is 0.367. The highest BCUT2D eigenvalue weighted by Gasteiger charge is 2.19. The molecule has 1 atom stereocenters. The second kappa shape index (κ2) is 5.52. The molecular weight excluding hydrogens is 200 g/mol. The van der Waals surface area contributed by atoms with Gasteiger partial charge in [0, 0.05) is 12.4 Å². The fraction of sp³-hybridized carbons (Fsp3) is 1.00. The predicted octanol–water partition coefficient (Wildman–Crippen LogP) is 2.85. The van der Waals surface area contributed by atoms with Crippen molar-refractivity contribution in [1.82, 2.24) is 0 Å². The Hall–Kier alpha value is 0.660. The molecule has 1 aliphatic heterocycles. The van der Waals surface area contributed by atoms with Gasteiger partial charge in [0.1, 0.15) is 0 Å². The van der Waals surface area contributed by atoms with Crippen LogP contribution >= 0.6 is 24.4 Å². The van der Waals surface area contributed by atoms with Gasteiger partial charge in [-0.25, -0.2) is 0 Å². The van der Waals surface area contributed by atoms with E-state index >= 15 is 0 Å². The molecule has 3 heteroatoms. The summed E-state index contributed by atoms with van der Waals surface area (Å²) in [6.07, 6.45) is 3.04. The Morgan fingerprint density at radius 2 is 2.31 bits per heavy atom. The predicted molar refractivity (Wildman–Crippen MR) is 63.9 cm³/mol. The number of rotatable bonds is 5. The summed E-state index contributed by atoms with van der Waals surface area (Å²) in [5, 5.41) is 0. The van der Waals surface area contributed by atoms with E-state index in [0.29, 0.717) is 11.5 Å². The first-order valence-electron chi connectivity index (χ1n) is 4.94. The van der Waals surface area contributed by atoms with Crippen molar-refractivity contribution in [2.45, 2.75) is 32.8 Å². The number of ether oxygens (including phenoxy) is 1. The van der Waals surface area contributed by atoms with Crippen LogP contribution in [0, 0.1) is 5.41 Å². The standard InChI is InChI=1S/C10H20OS2/c1-10(2,7-12)8-13-6-9-4-3-5-11-9/h9,12H,3-8H2,1-2H3. The lowest BCUT2D eigenvalue weighted by molar-refractivity contribution is 0.129. The summed E-state index contributed by atoms with van der Waals surface area (Å²) in [4.78, 5) is 0. The molecule has 1 aliphatic rings. The van der Waals surface area contributed by atoms with Crippen molar-refractivity contribution < 1.29 is 4.74 Å². The zero-order valence-electron chi connectivity index (χ0n) is 8.58. The van der Waals surface area contributed by atoms with Crippen LogP contribution in [-0.2, 0) is 4.74 Å². The molecule has 13 heavy (non-hydrogen) atoms. The zero-order chi connectivity index (χ0) is 9.73. The number of thiol groups is 1. The first kappa shape index (κ1) is 11.7. The van der Waals surface area contributed by atoms with Crippen molar-refractivity contribution in [1.29, 1.82) is 0 Å². The summed E-state index contributed by atoms with van der Waals surface area (Å²) in [5.74, 6) is 3.32. The first-order chi connectivity index (χ1) is 6.14. The highest BCUT2D eigenvalue weighted by Crippen LogP contribution is 2.25. The molecule has 78 valence electrons. The third kappa shape index (κ3) is 4.61. The second-order valence-electron chi connectivity index (χ2n) is 4.47. The van der Waals surface area contributed by atoms with Crippen LogP contribution in [0.4, 0.5) is 0 Å². The molecular formula is C10H20OS2. The third-order valence-electron chi connectivity index (χ3n) is 2.25. The van der Waals surface area contributed by atoms with Crippen molar-refractivity contribution >= 4 is 24.4 Å². The average molecular weight is 220 g/mol. The van der Waals surface area contributed by atoms with Gasteiger partial charge >= 0.3 is 0 Å². The highest BCUT2D eigenvalue weighted by atomic mass is 32.2. The molecule has 0 radical (unpaired) electrons. The van der Waals surface area contributed by atoms with E-state index < -0.39 is 0 Å². The number of hydrogen-bond donors (Lipinski definition) is 1. The van der Waals surface area contributed by atoms with Crippen LogP contribution in [0.25, 0.3) is 0 Å². The lowest BCUT2D eigenvalue weighted by Gasteiger charge is -2.21. The van der Waals surface area contributed by atoms with E-state index in [1.807, 2.05) is 11.8 Å². The van der Waals surface area contributed by atoms with Crippen LogP contribution in [0.5, 0.6) is 0 Å². The third-order valence-corrected chi connectivity index (χ3v) is 4.70. The fourth-order valence-electron chi connectivity index (χ4n) is 1.29. The number of hydrogen-bond acceptors (Lipinski definition) is 3. The van der Waals surface area contributed by atoms with Gasteiger partial charge < -0.3 is 4.74 Å². The van der Waals surface area contributed by atoms with Gasteiger partial charge in [0.15, 0.2) is 0 Å². The van der Waals surface area contributed by atoms with E-state index in [9.17, 15) is 0 Å². The molecule has 0 N–H and O–H groups in total. The molecule has 1 heterocycles. The van der Waals surface area contributed by atoms with Gasteiger partial charge in [-0.2, -0.15) is 24.4 Å². The molecule has 1 unspecified atom stereocenters. The van der Waals surface area contributed by atoms with Gasteiger partial charge in [-0.1, -0.05) is 13.8 Å². The van der Waals surface area contributed by atoms with Crippen molar-refractivity contribution in [2.75, 3.05) is 23.9 Å². The van der Waals surface area contributed by atoms with Crippen molar-refractivity contribution in [3.05, 3.63) is 0 Å². The van der Waals surface area contributed by atoms with Crippen LogP contribution in [0.3, 0.4) is 0 Å². The summed E-state index contributed by atoms with van der Waals surface area (Å²) in [6.45, 7) is 5.51.